The van der Waals surface area contributed by atoms with E-state index >= 15 is 0 Å². The van der Waals surface area contributed by atoms with Gasteiger partial charge in [0, 0.05) is 11.4 Å². The van der Waals surface area contributed by atoms with E-state index < -0.39 is 49.8 Å². The molecule has 2 aliphatic rings. The summed E-state index contributed by atoms with van der Waals surface area (Å²) in [6.45, 7) is 4.59. The molecule has 2 amide bonds. The minimum atomic E-state index is -3.26. The number of para-hydroxylation sites is 1. The van der Waals surface area contributed by atoms with Gasteiger partial charge < -0.3 is 20.8 Å². The van der Waals surface area contributed by atoms with Crippen LogP contribution in [0.25, 0.3) is 0 Å². The smallest absolute Gasteiger partial charge is 0.238 e. The van der Waals surface area contributed by atoms with Crippen LogP contribution in [0.2, 0.25) is 0 Å². The number of benzene rings is 2. The molecule has 4 unspecified atom stereocenters. The molecule has 0 aliphatic carbocycles. The van der Waals surface area contributed by atoms with Gasteiger partial charge in [-0.15, -0.1) is 0 Å². The fourth-order valence-electron chi connectivity index (χ4n) is 5.07. The zero-order valence-electron chi connectivity index (χ0n) is 24.1. The summed E-state index contributed by atoms with van der Waals surface area (Å²) in [6.07, 6.45) is -1.91. The second kappa shape index (κ2) is 15.2. The molecule has 43 heavy (non-hydrogen) atoms. The lowest BCUT2D eigenvalue weighted by Gasteiger charge is -2.28. The quantitative estimate of drug-likeness (QED) is 0.283. The van der Waals surface area contributed by atoms with Gasteiger partial charge in [0.1, 0.15) is 5.82 Å². The Balaban J connectivity index is 0.000000236. The van der Waals surface area contributed by atoms with E-state index in [4.69, 9.17) is 0 Å². The first-order valence-corrected chi connectivity index (χ1v) is 17.5. The van der Waals surface area contributed by atoms with Crippen molar-refractivity contribution in [2.45, 2.75) is 38.1 Å². The minimum absolute atomic E-state index is 0.0366. The molecular weight excluding hydrogens is 603 g/mol. The molecule has 0 aromatic heterocycles. The molecule has 2 aromatic rings. The lowest BCUT2D eigenvalue weighted by atomic mass is 10.2. The Bertz CT molecular complexity index is 1440. The first kappa shape index (κ1) is 34.5. The second-order valence-corrected chi connectivity index (χ2v) is 14.8. The molecule has 4 atom stereocenters. The number of aliphatic hydroxyl groups excluding tert-OH is 2. The monoisotopic (exact) mass is 642 g/mol. The summed E-state index contributed by atoms with van der Waals surface area (Å²) in [6, 6.07) is 13.3. The molecule has 4 rings (SSSR count). The van der Waals surface area contributed by atoms with Crippen LogP contribution in [-0.4, -0.2) is 122 Å². The van der Waals surface area contributed by atoms with Crippen molar-refractivity contribution in [1.29, 1.82) is 0 Å². The van der Waals surface area contributed by atoms with Crippen LogP contribution >= 0.6 is 0 Å². The molecule has 0 radical (unpaired) electrons. The van der Waals surface area contributed by atoms with E-state index in [9.17, 15) is 41.0 Å². The number of likely N-dealkylation sites (N-methyl/N-ethyl adjacent to an activating group) is 2. The zero-order valence-corrected chi connectivity index (χ0v) is 25.7. The highest BCUT2D eigenvalue weighted by molar-refractivity contribution is 7.92. The first-order valence-electron chi connectivity index (χ1n) is 13.9. The minimum Gasteiger partial charge on any atom is -0.390 e. The zero-order chi connectivity index (χ0) is 31.8. The number of rotatable bonds is 10. The number of halogens is 1. The van der Waals surface area contributed by atoms with Crippen LogP contribution in [0.1, 0.15) is 13.8 Å². The van der Waals surface area contributed by atoms with E-state index in [-0.39, 0.29) is 47.9 Å². The van der Waals surface area contributed by atoms with Crippen LogP contribution in [0.15, 0.2) is 54.6 Å². The molecule has 0 saturated carbocycles. The van der Waals surface area contributed by atoms with Crippen molar-refractivity contribution in [3.63, 3.8) is 0 Å². The fraction of sp³-hybridized carbons (Fsp3) is 0.500. The van der Waals surface area contributed by atoms with Crippen molar-refractivity contribution in [2.24, 2.45) is 0 Å². The van der Waals surface area contributed by atoms with Crippen LogP contribution in [-0.2, 0) is 29.3 Å². The summed E-state index contributed by atoms with van der Waals surface area (Å²) in [5.74, 6) is -1.70. The summed E-state index contributed by atoms with van der Waals surface area (Å²) < 4.78 is 59.0. The molecule has 12 nitrogen and oxygen atoms in total. The lowest BCUT2D eigenvalue weighted by molar-refractivity contribution is -0.119. The Hall–Kier alpha value is -2.95. The number of hydrogen-bond donors (Lipinski definition) is 4. The van der Waals surface area contributed by atoms with Gasteiger partial charge in [-0.25, -0.2) is 21.2 Å². The van der Waals surface area contributed by atoms with Gasteiger partial charge in [-0.3, -0.25) is 19.4 Å². The Morgan fingerprint density at radius 1 is 0.721 bits per heavy atom. The molecule has 0 spiro atoms. The van der Waals surface area contributed by atoms with Crippen molar-refractivity contribution in [1.82, 2.24) is 9.80 Å². The van der Waals surface area contributed by atoms with Gasteiger partial charge in [0.05, 0.1) is 60.4 Å². The summed E-state index contributed by atoms with van der Waals surface area (Å²) in [5.41, 5.74) is 1.15. The summed E-state index contributed by atoms with van der Waals surface area (Å²) in [4.78, 5) is 27.4. The molecule has 15 heteroatoms. The van der Waals surface area contributed by atoms with Gasteiger partial charge in [-0.2, -0.15) is 0 Å². The number of nitrogens with zero attached hydrogens (tertiary/aromatic N) is 2. The number of aliphatic hydroxyl groups is 2. The number of hydrogen-bond acceptors (Lipinski definition) is 10. The van der Waals surface area contributed by atoms with Gasteiger partial charge in [-0.05, 0) is 49.5 Å². The second-order valence-electron chi connectivity index (χ2n) is 10.5. The number of anilines is 2. The predicted octanol–water partition coefficient (Wildman–Crippen LogP) is 0.349. The van der Waals surface area contributed by atoms with Gasteiger partial charge in [0.2, 0.25) is 11.8 Å². The lowest BCUT2D eigenvalue weighted by Crippen LogP contribution is -2.46. The average molecular weight is 643 g/mol. The SMILES string of the molecule is CCN(CC(=O)Nc1ccc(F)cc1)C1CS(=O)(=O)CC1O.CCN(CC(=O)Nc1ccccc1)C1CS(=O)(=O)CC1O. The van der Waals surface area contributed by atoms with Crippen molar-refractivity contribution in [3.05, 3.63) is 60.4 Å². The molecule has 4 N–H and O–H groups in total. The Labute approximate surface area is 251 Å². The summed E-state index contributed by atoms with van der Waals surface area (Å²) in [7, 11) is -6.48. The predicted molar refractivity (Wildman–Crippen MR) is 161 cm³/mol. The Kier molecular flexibility index (Phi) is 12.2. The van der Waals surface area contributed by atoms with Crippen LogP contribution in [0.5, 0.6) is 0 Å². The normalized spacial score (nSPS) is 23.9. The highest BCUT2D eigenvalue weighted by atomic mass is 32.2. The highest BCUT2D eigenvalue weighted by Gasteiger charge is 2.41. The molecule has 2 saturated heterocycles. The maximum absolute atomic E-state index is 12.8. The average Bonchev–Trinajstić information content (AvgIpc) is 3.38. The number of carbonyl (C=O) groups excluding carboxylic acids is 2. The molecule has 2 aromatic carbocycles. The van der Waals surface area contributed by atoms with Crippen LogP contribution < -0.4 is 10.6 Å². The topological polar surface area (TPSA) is 173 Å². The Morgan fingerprint density at radius 2 is 1.12 bits per heavy atom. The van der Waals surface area contributed by atoms with E-state index in [2.05, 4.69) is 10.6 Å². The first-order chi connectivity index (χ1) is 20.2. The number of sulfone groups is 2. The molecule has 0 bridgehead atoms. The third-order valence-electron chi connectivity index (χ3n) is 7.22. The van der Waals surface area contributed by atoms with E-state index in [0.29, 0.717) is 24.5 Å². The number of carbonyl (C=O) groups is 2. The van der Waals surface area contributed by atoms with Crippen molar-refractivity contribution >= 4 is 42.9 Å². The molecule has 2 fully saturated rings. The van der Waals surface area contributed by atoms with Crippen LogP contribution in [0.3, 0.4) is 0 Å². The van der Waals surface area contributed by atoms with Crippen molar-refractivity contribution < 1.29 is 41.0 Å². The summed E-state index contributed by atoms with van der Waals surface area (Å²) >= 11 is 0. The van der Waals surface area contributed by atoms with Crippen molar-refractivity contribution in [3.8, 4) is 0 Å². The number of nitrogens with one attached hydrogen (secondary N) is 2. The maximum Gasteiger partial charge on any atom is 0.238 e. The van der Waals surface area contributed by atoms with Crippen molar-refractivity contribution in [2.75, 3.05) is 59.8 Å². The largest absolute Gasteiger partial charge is 0.390 e. The third kappa shape index (κ3) is 10.6. The van der Waals surface area contributed by atoms with E-state index in [1.54, 1.807) is 28.9 Å². The molecule has 238 valence electrons. The molecule has 2 heterocycles. The van der Waals surface area contributed by atoms with Crippen LogP contribution in [0.4, 0.5) is 15.8 Å². The summed E-state index contributed by atoms with van der Waals surface area (Å²) in [5, 5.41) is 25.1. The van der Waals surface area contributed by atoms with E-state index in [1.807, 2.05) is 25.1 Å². The van der Waals surface area contributed by atoms with E-state index in [1.165, 1.54) is 24.3 Å². The van der Waals surface area contributed by atoms with Crippen LogP contribution in [0, 0.1) is 5.82 Å². The van der Waals surface area contributed by atoms with E-state index in [0.717, 1.165) is 0 Å². The number of amides is 2. The fourth-order valence-corrected chi connectivity index (χ4v) is 8.73. The third-order valence-corrected chi connectivity index (χ3v) is 10.6. The van der Waals surface area contributed by atoms with Gasteiger partial charge in [0.25, 0.3) is 0 Å². The molecule has 2 aliphatic heterocycles. The highest BCUT2D eigenvalue weighted by Crippen LogP contribution is 2.20. The maximum atomic E-state index is 12.8. The molecular formula is C28H39FN4O8S2. The van der Waals surface area contributed by atoms with Gasteiger partial charge >= 0.3 is 0 Å². The Morgan fingerprint density at radius 3 is 1.47 bits per heavy atom. The van der Waals surface area contributed by atoms with Gasteiger partial charge in [-0.1, -0.05) is 32.0 Å². The van der Waals surface area contributed by atoms with Gasteiger partial charge in [0.15, 0.2) is 19.7 Å². The standard InChI is InChI=1S/C14H19FN2O4S.C14H20N2O4S/c1-2-17(12-8-22(20,21)9-13(12)18)7-14(19)16-11-5-3-10(15)4-6-11;1-2-16(12-9-21(19,20)10-13(12)17)8-14(18)15-11-6-4-3-5-7-11/h3-6,12-13,18H,2,7-9H2,1H3,(H,16,19);3-7,12-13,17H,2,8-10H2,1H3,(H,15,18).